The summed E-state index contributed by atoms with van der Waals surface area (Å²) in [6.45, 7) is 0.121. The maximum absolute atomic E-state index is 10.3. The fraction of sp³-hybridized carbons (Fsp3) is 0.353. The third kappa shape index (κ3) is 3.65. The molecule has 0 radical (unpaired) electrons. The van der Waals surface area contributed by atoms with E-state index in [4.69, 9.17) is 4.74 Å². The van der Waals surface area contributed by atoms with Crippen LogP contribution in [0.3, 0.4) is 0 Å². The minimum atomic E-state index is -1.21. The Bertz CT molecular complexity index is 981. The average Bonchev–Trinajstić information content (AvgIpc) is 3.21. The van der Waals surface area contributed by atoms with Crippen molar-refractivity contribution in [3.63, 3.8) is 0 Å². The smallest absolute Gasteiger partial charge is 0.167 e. The molecule has 4 N–H and O–H groups in total. The number of nitrogens with zero attached hydrogens (tertiary/aromatic N) is 4. The van der Waals surface area contributed by atoms with Crippen molar-refractivity contribution in [3.8, 4) is 0 Å². The number of imidazole rings is 1. The summed E-state index contributed by atoms with van der Waals surface area (Å²) in [5.41, 5.74) is 1.99. The number of fused-ring (bicyclic) bond motifs is 1. The number of ether oxygens (including phenoxy) is 1. The Morgan fingerprint density at radius 1 is 1.07 bits per heavy atom. The highest BCUT2D eigenvalue weighted by atomic mass is 79.9. The predicted molar refractivity (Wildman–Crippen MR) is 108 cm³/mol. The molecule has 9 nitrogen and oxygen atoms in total. The second-order valence-corrected chi connectivity index (χ2v) is 8.24. The number of aliphatic hydroxyl groups excluding tert-OH is 3. The molecule has 2 aromatic heterocycles. The molecule has 0 spiro atoms. The molecule has 1 unspecified atom stereocenters. The van der Waals surface area contributed by atoms with Crippen molar-refractivity contribution in [3.05, 3.63) is 45.4 Å². The summed E-state index contributed by atoms with van der Waals surface area (Å²) >= 11 is 6.93. The van der Waals surface area contributed by atoms with E-state index >= 15 is 0 Å². The molecule has 3 heterocycles. The quantitative estimate of drug-likeness (QED) is 0.404. The predicted octanol–water partition coefficient (Wildman–Crippen LogP) is 1.57. The van der Waals surface area contributed by atoms with Gasteiger partial charge in [0.1, 0.15) is 24.6 Å². The average molecular weight is 515 g/mol. The van der Waals surface area contributed by atoms with Gasteiger partial charge in [-0.25, -0.2) is 15.0 Å². The first-order valence-corrected chi connectivity index (χ1v) is 10.1. The van der Waals surface area contributed by atoms with Crippen LogP contribution in [0.2, 0.25) is 0 Å². The second-order valence-electron chi connectivity index (χ2n) is 6.41. The maximum Gasteiger partial charge on any atom is 0.167 e. The van der Waals surface area contributed by atoms with Gasteiger partial charge in [0, 0.05) is 15.5 Å². The third-order valence-electron chi connectivity index (χ3n) is 4.53. The molecule has 1 aliphatic rings. The number of halogens is 2. The van der Waals surface area contributed by atoms with Gasteiger partial charge in [0.05, 0.1) is 12.9 Å². The van der Waals surface area contributed by atoms with Crippen molar-refractivity contribution in [1.29, 1.82) is 0 Å². The van der Waals surface area contributed by atoms with E-state index in [0.29, 0.717) is 23.5 Å². The van der Waals surface area contributed by atoms with Crippen molar-refractivity contribution < 1.29 is 20.1 Å². The summed E-state index contributed by atoms with van der Waals surface area (Å²) in [7, 11) is 0. The molecule has 1 fully saturated rings. The molecule has 11 heteroatoms. The van der Waals surface area contributed by atoms with Crippen molar-refractivity contribution in [1.82, 2.24) is 19.5 Å². The Morgan fingerprint density at radius 2 is 1.82 bits per heavy atom. The minimum absolute atomic E-state index is 0.397. The summed E-state index contributed by atoms with van der Waals surface area (Å²) < 4.78 is 9.01. The molecule has 1 aromatic carbocycles. The molecule has 0 saturated carbocycles. The van der Waals surface area contributed by atoms with Crippen LogP contribution in [0.1, 0.15) is 11.8 Å². The van der Waals surface area contributed by atoms with Gasteiger partial charge in [-0.05, 0) is 23.8 Å². The zero-order valence-corrected chi connectivity index (χ0v) is 17.6. The lowest BCUT2D eigenvalue weighted by Gasteiger charge is -2.16. The number of hydrogen-bond donors (Lipinski definition) is 4. The van der Waals surface area contributed by atoms with Gasteiger partial charge in [-0.1, -0.05) is 31.9 Å². The van der Waals surface area contributed by atoms with E-state index in [0.717, 1.165) is 14.5 Å². The molecule has 28 heavy (non-hydrogen) atoms. The lowest BCUT2D eigenvalue weighted by molar-refractivity contribution is -0.0511. The Morgan fingerprint density at radius 3 is 2.50 bits per heavy atom. The number of nitrogens with one attached hydrogen (secondary N) is 1. The van der Waals surface area contributed by atoms with Gasteiger partial charge in [0.2, 0.25) is 0 Å². The van der Waals surface area contributed by atoms with Crippen LogP contribution >= 0.6 is 31.9 Å². The van der Waals surface area contributed by atoms with Crippen molar-refractivity contribution in [2.24, 2.45) is 0 Å². The first-order chi connectivity index (χ1) is 13.5. The van der Waals surface area contributed by atoms with Gasteiger partial charge in [-0.3, -0.25) is 4.57 Å². The SMILES string of the molecule is OC[C@H]1OC(n2cnc3c(NCc4cc(Br)cc(Br)c4)ncnc32)[C@H](O)[C@@H]1O. The lowest BCUT2D eigenvalue weighted by Crippen LogP contribution is -2.33. The molecule has 148 valence electrons. The molecular weight excluding hydrogens is 498 g/mol. The van der Waals surface area contributed by atoms with Crippen LogP contribution in [0.15, 0.2) is 39.8 Å². The largest absolute Gasteiger partial charge is 0.394 e. The highest BCUT2D eigenvalue weighted by Crippen LogP contribution is 2.32. The molecule has 4 atom stereocenters. The zero-order chi connectivity index (χ0) is 19.8. The van der Waals surface area contributed by atoms with Gasteiger partial charge >= 0.3 is 0 Å². The molecule has 0 aliphatic carbocycles. The van der Waals surface area contributed by atoms with Crippen LogP contribution in [-0.4, -0.2) is 59.8 Å². The highest BCUT2D eigenvalue weighted by Gasteiger charge is 2.44. The first kappa shape index (κ1) is 19.7. The van der Waals surface area contributed by atoms with Crippen molar-refractivity contribution >= 4 is 48.8 Å². The van der Waals surface area contributed by atoms with E-state index in [1.807, 2.05) is 18.2 Å². The summed E-state index contributed by atoms with van der Waals surface area (Å²) in [6, 6.07) is 5.94. The number of benzene rings is 1. The lowest BCUT2D eigenvalue weighted by atomic mass is 10.1. The van der Waals surface area contributed by atoms with Crippen LogP contribution in [0.25, 0.3) is 11.2 Å². The second kappa shape index (κ2) is 8.01. The standard InChI is InChI=1S/C17H17Br2N5O4/c18-9-1-8(2-10(19)3-9)4-20-15-12-16(22-6-21-15)24(7-23-12)17-14(27)13(26)11(5-25)28-17/h1-3,6-7,11,13-14,17,25-27H,4-5H2,(H,20,21,22)/t11-,13-,14-,17?/m1/s1. The molecule has 3 aromatic rings. The van der Waals surface area contributed by atoms with Crippen LogP contribution < -0.4 is 5.32 Å². The van der Waals surface area contributed by atoms with E-state index in [1.54, 1.807) is 0 Å². The maximum atomic E-state index is 10.3. The van der Waals surface area contributed by atoms with E-state index in [-0.39, 0.29) is 0 Å². The summed E-state index contributed by atoms with van der Waals surface area (Å²) in [4.78, 5) is 12.8. The summed E-state index contributed by atoms with van der Waals surface area (Å²) in [5.74, 6) is 0.534. The van der Waals surface area contributed by atoms with E-state index < -0.39 is 31.1 Å². The zero-order valence-electron chi connectivity index (χ0n) is 14.4. The van der Waals surface area contributed by atoms with E-state index in [1.165, 1.54) is 17.2 Å². The highest BCUT2D eigenvalue weighted by molar-refractivity contribution is 9.11. The topological polar surface area (TPSA) is 126 Å². The molecule has 4 rings (SSSR count). The first-order valence-electron chi connectivity index (χ1n) is 8.46. The molecule has 0 bridgehead atoms. The molecular formula is C17H17Br2N5O4. The van der Waals surface area contributed by atoms with Crippen LogP contribution in [0.5, 0.6) is 0 Å². The summed E-state index contributed by atoms with van der Waals surface area (Å²) in [5, 5.41) is 32.8. The van der Waals surface area contributed by atoms with E-state index in [2.05, 4.69) is 52.1 Å². The van der Waals surface area contributed by atoms with Crippen LogP contribution in [0.4, 0.5) is 5.82 Å². The number of aromatic nitrogens is 4. The Kier molecular flexibility index (Phi) is 5.63. The fourth-order valence-electron chi connectivity index (χ4n) is 3.18. The van der Waals surface area contributed by atoms with Gasteiger partial charge in [0.15, 0.2) is 23.2 Å². The monoisotopic (exact) mass is 513 g/mol. The van der Waals surface area contributed by atoms with Crippen LogP contribution in [-0.2, 0) is 11.3 Å². The van der Waals surface area contributed by atoms with Crippen molar-refractivity contribution in [2.75, 3.05) is 11.9 Å². The van der Waals surface area contributed by atoms with Crippen LogP contribution in [0, 0.1) is 0 Å². The summed E-state index contributed by atoms with van der Waals surface area (Å²) in [6.07, 6.45) is -1.31. The number of rotatable bonds is 5. The minimum Gasteiger partial charge on any atom is -0.394 e. The molecule has 0 amide bonds. The van der Waals surface area contributed by atoms with Gasteiger partial charge in [-0.15, -0.1) is 0 Å². The van der Waals surface area contributed by atoms with Gasteiger partial charge in [-0.2, -0.15) is 0 Å². The third-order valence-corrected chi connectivity index (χ3v) is 5.45. The molecule has 1 aliphatic heterocycles. The number of aliphatic hydroxyl groups is 3. The number of hydrogen-bond acceptors (Lipinski definition) is 8. The van der Waals surface area contributed by atoms with Crippen molar-refractivity contribution in [2.45, 2.75) is 31.1 Å². The van der Waals surface area contributed by atoms with Gasteiger partial charge < -0.3 is 25.4 Å². The molecule has 1 saturated heterocycles. The Balaban J connectivity index is 1.60. The number of anilines is 1. The van der Waals surface area contributed by atoms with E-state index in [9.17, 15) is 15.3 Å². The Labute approximate surface area is 176 Å². The fourth-order valence-corrected chi connectivity index (χ4v) is 4.56. The van der Waals surface area contributed by atoms with Gasteiger partial charge in [0.25, 0.3) is 0 Å². The Hall–Kier alpha value is -1.63. The normalized spacial score (nSPS) is 24.8.